The van der Waals surface area contributed by atoms with Crippen molar-refractivity contribution in [2.45, 2.75) is 278 Å². The van der Waals surface area contributed by atoms with Gasteiger partial charge in [-0.05, 0) is 167 Å². The first kappa shape index (κ1) is 56.5. The summed E-state index contributed by atoms with van der Waals surface area (Å²) in [5.74, 6) is 2.24. The molecule has 0 heterocycles. The van der Waals surface area contributed by atoms with Crippen molar-refractivity contribution in [1.82, 2.24) is 0 Å². The van der Waals surface area contributed by atoms with Crippen LogP contribution in [0.25, 0.3) is 0 Å². The summed E-state index contributed by atoms with van der Waals surface area (Å²) in [5.41, 5.74) is 3.56. The molecule has 0 amide bonds. The lowest BCUT2D eigenvalue weighted by atomic mass is 9.60. The fourth-order valence-electron chi connectivity index (χ4n) is 10.7. The smallest absolute Gasteiger partial charge is 0.192 e. The molecule has 0 radical (unpaired) electrons. The van der Waals surface area contributed by atoms with E-state index in [9.17, 15) is 0 Å². The highest BCUT2D eigenvalue weighted by Gasteiger charge is 2.51. The van der Waals surface area contributed by atoms with Gasteiger partial charge in [-0.1, -0.05) is 133 Å². The van der Waals surface area contributed by atoms with Crippen LogP contribution in [0, 0.1) is 23.2 Å². The van der Waals surface area contributed by atoms with E-state index in [2.05, 4.69) is 162 Å². The Balaban J connectivity index is 1.88. The van der Waals surface area contributed by atoms with Crippen LogP contribution in [0.1, 0.15) is 181 Å². The highest BCUT2D eigenvalue weighted by Crippen LogP contribution is 2.60. The summed E-state index contributed by atoms with van der Waals surface area (Å²) in [5, 5.41) is 0.410. The first-order chi connectivity index (χ1) is 28.2. The highest BCUT2D eigenvalue weighted by molar-refractivity contribution is 6.75. The average Bonchev–Trinajstić information content (AvgIpc) is 3.49. The molecule has 0 spiro atoms. The summed E-state index contributed by atoms with van der Waals surface area (Å²) < 4.78 is 35.5. The second-order valence-corrected chi connectivity index (χ2v) is 45.2. The van der Waals surface area contributed by atoms with Gasteiger partial charge in [0.15, 0.2) is 33.3 Å². The van der Waals surface area contributed by atoms with Crippen molar-refractivity contribution in [1.29, 1.82) is 0 Å². The van der Waals surface area contributed by atoms with Crippen molar-refractivity contribution in [3.8, 4) is 0 Å². The summed E-state index contributed by atoms with van der Waals surface area (Å²) in [6.07, 6.45) is 18.1. The van der Waals surface area contributed by atoms with E-state index in [4.69, 9.17) is 22.4 Å². The van der Waals surface area contributed by atoms with Crippen LogP contribution in [0.2, 0.25) is 72.5 Å². The molecule has 3 aliphatic rings. The van der Waals surface area contributed by atoms with Crippen LogP contribution < -0.4 is 0 Å². The lowest BCUT2D eigenvalue weighted by Crippen LogP contribution is -2.56. The Hall–Kier alpha value is 0.148. The van der Waals surface area contributed by atoms with Gasteiger partial charge >= 0.3 is 0 Å². The first-order valence-corrected chi connectivity index (χ1v) is 37.2. The minimum absolute atomic E-state index is 0.0152. The molecule has 62 heavy (non-hydrogen) atoms. The van der Waals surface area contributed by atoms with Gasteiger partial charge in [-0.3, -0.25) is 0 Å². The first-order valence-electron chi connectivity index (χ1n) is 25.9. The number of hydrogen-bond donors (Lipinski definition) is 0. The lowest BCUT2D eigenvalue weighted by Gasteiger charge is -2.48. The maximum Gasteiger partial charge on any atom is 0.192 e. The van der Waals surface area contributed by atoms with E-state index in [-0.39, 0.29) is 39.0 Å². The average molecular weight is 936 g/mol. The zero-order chi connectivity index (χ0) is 47.4. The van der Waals surface area contributed by atoms with Crippen LogP contribution in [0.4, 0.5) is 0 Å². The fraction of sp³-hybridized carbons (Fsp3) is 0.925. The topological polar surface area (TPSA) is 46.2 Å². The van der Waals surface area contributed by atoms with Crippen LogP contribution in [0.15, 0.2) is 23.3 Å². The Morgan fingerprint density at radius 1 is 0.694 bits per heavy atom. The van der Waals surface area contributed by atoms with E-state index >= 15 is 0 Å². The van der Waals surface area contributed by atoms with Crippen LogP contribution in [-0.2, 0) is 22.4 Å². The fourth-order valence-corrected chi connectivity index (χ4v) is 17.6. The minimum Gasteiger partial charge on any atom is -0.417 e. The number of ether oxygens (including phenoxy) is 1. The molecular weight excluding hydrogens is 829 g/mol. The van der Waals surface area contributed by atoms with Crippen LogP contribution in [0.3, 0.4) is 0 Å². The van der Waals surface area contributed by atoms with E-state index in [0.29, 0.717) is 17.9 Å². The summed E-state index contributed by atoms with van der Waals surface area (Å²) in [4.78, 5) is 0. The molecule has 0 bridgehead atoms. The zero-order valence-electron chi connectivity index (χ0n) is 45.5. The van der Waals surface area contributed by atoms with E-state index in [1.807, 2.05) is 0 Å². The van der Waals surface area contributed by atoms with Gasteiger partial charge in [0.2, 0.25) is 0 Å². The van der Waals surface area contributed by atoms with E-state index in [1.165, 1.54) is 75.1 Å². The molecule has 3 aliphatic carbocycles. The van der Waals surface area contributed by atoms with Gasteiger partial charge in [0.1, 0.15) is 6.10 Å². The van der Waals surface area contributed by atoms with Crippen molar-refractivity contribution < 1.29 is 22.4 Å². The van der Waals surface area contributed by atoms with Gasteiger partial charge < -0.3 is 22.4 Å². The maximum atomic E-state index is 7.44. The molecule has 3 fully saturated rings. The van der Waals surface area contributed by atoms with Gasteiger partial charge in [0, 0.05) is 13.2 Å². The normalized spacial score (nSPS) is 27.5. The Morgan fingerprint density at radius 3 is 1.69 bits per heavy atom. The van der Waals surface area contributed by atoms with Crippen molar-refractivity contribution in [2.24, 2.45) is 23.2 Å². The van der Waals surface area contributed by atoms with Crippen molar-refractivity contribution in [3.63, 3.8) is 0 Å². The third kappa shape index (κ3) is 14.3. The van der Waals surface area contributed by atoms with Crippen molar-refractivity contribution in [2.75, 3.05) is 13.2 Å². The predicted octanol–water partition coefficient (Wildman–Crippen LogP) is 17.0. The molecule has 0 saturated heterocycles. The highest BCUT2D eigenvalue weighted by atomic mass is 28.4. The summed E-state index contributed by atoms with van der Waals surface area (Å²) in [6, 6.07) is 3.69. The predicted molar refractivity (Wildman–Crippen MR) is 281 cm³/mol. The van der Waals surface area contributed by atoms with Gasteiger partial charge in [-0.15, -0.1) is 0 Å². The molecule has 3 saturated carbocycles. The van der Waals surface area contributed by atoms with Gasteiger partial charge in [-0.25, -0.2) is 0 Å². The van der Waals surface area contributed by atoms with Crippen molar-refractivity contribution >= 4 is 33.3 Å². The lowest BCUT2D eigenvalue weighted by molar-refractivity contribution is -0.102. The molecule has 1 unspecified atom stereocenters. The zero-order valence-corrected chi connectivity index (χ0v) is 49.5. The van der Waals surface area contributed by atoms with Crippen LogP contribution in [0.5, 0.6) is 0 Å². The van der Waals surface area contributed by atoms with E-state index < -0.39 is 33.3 Å². The number of fused-ring (bicyclic) bond motifs is 1. The summed E-state index contributed by atoms with van der Waals surface area (Å²) in [7, 11) is -7.67. The molecule has 0 aromatic rings. The van der Waals surface area contributed by atoms with E-state index in [0.717, 1.165) is 37.7 Å². The van der Waals surface area contributed by atoms with Crippen LogP contribution in [-0.4, -0.2) is 70.4 Å². The van der Waals surface area contributed by atoms with Gasteiger partial charge in [0.25, 0.3) is 0 Å². The molecular formula is C53H106O5Si4. The maximum absolute atomic E-state index is 7.44. The molecule has 0 aromatic heterocycles. The molecule has 364 valence electrons. The molecule has 3 rings (SSSR count). The standard InChI is InChI=1S/C53H106O5Si4/c1-23-62(24-2,25-3)58-52(14,15)35-26-29-41(4)44-33-34-45-43(30-27-36-53(44,45)16)32-31-42-39-46(56-60(19,20)50(8,9)10)48(47(40-42)57-61(21,22)51(11,12)13)54-37-28-38-55-59(17,18)49(5,6)7/h31-32,41,44-48H,23-30,33-40H2,1-22H3/b42-31?,43-32+/t41-,44?,45+,46-,47-,48?,53-/m1/s1. The Bertz CT molecular complexity index is 1410. The second kappa shape index (κ2) is 21.6. The summed E-state index contributed by atoms with van der Waals surface area (Å²) in [6.45, 7) is 54.0. The SMILES string of the molecule is CC[Si](CC)(CC)OC(C)(C)CCC[C@@H](C)C1CC[C@H]2/C(=C/C=C3C[C@@H](O[Si](C)(C)C(C)(C)C)C(OCCCO[Si](C)(C)C(C)(C)C)[C@H](O[Si](C)(C)C(C)(C)C)C3)CCC[C@]12C. The quantitative estimate of drug-likeness (QED) is 0.0848. The Morgan fingerprint density at radius 2 is 1.21 bits per heavy atom. The molecule has 5 nitrogen and oxygen atoms in total. The third-order valence-corrected chi connectivity index (χ3v) is 36.6. The largest absolute Gasteiger partial charge is 0.417 e. The molecule has 0 N–H and O–H groups in total. The molecule has 6 atom stereocenters. The van der Waals surface area contributed by atoms with Gasteiger partial charge in [-0.2, -0.15) is 0 Å². The van der Waals surface area contributed by atoms with Gasteiger partial charge in [0.05, 0.1) is 17.8 Å². The molecule has 0 aliphatic heterocycles. The number of hydrogen-bond acceptors (Lipinski definition) is 5. The Kier molecular flexibility index (Phi) is 19.7. The minimum atomic E-state index is -2.12. The molecule has 9 heteroatoms. The monoisotopic (exact) mass is 935 g/mol. The second-order valence-electron chi connectivity index (χ2n) is 26.2. The Labute approximate surface area is 391 Å². The van der Waals surface area contributed by atoms with Crippen LogP contribution >= 0.6 is 0 Å². The number of allylic oxidation sites excluding steroid dienone is 3. The summed E-state index contributed by atoms with van der Waals surface area (Å²) >= 11 is 0. The molecule has 0 aromatic carbocycles. The number of rotatable bonds is 21. The van der Waals surface area contributed by atoms with Crippen molar-refractivity contribution in [3.05, 3.63) is 23.3 Å². The third-order valence-electron chi connectivity index (χ3n) is 18.2. The van der Waals surface area contributed by atoms with E-state index in [1.54, 1.807) is 5.57 Å².